The Kier molecular flexibility index (Phi) is 3.18. The normalized spacial score (nSPS) is 18.5. The molecule has 92 valence electrons. The number of thiocarbonyl (C=S) groups is 1. The van der Waals surface area contributed by atoms with E-state index in [2.05, 4.69) is 10.3 Å². The first-order valence-electron chi connectivity index (χ1n) is 5.49. The number of aromatic nitrogens is 1. The molecule has 0 radical (unpaired) electrons. The molecule has 0 aliphatic heterocycles. The van der Waals surface area contributed by atoms with Crippen molar-refractivity contribution >= 4 is 34.5 Å². The van der Waals surface area contributed by atoms with Gasteiger partial charge in [-0.15, -0.1) is 11.3 Å². The minimum atomic E-state index is -0.587. The Balaban J connectivity index is 2.02. The van der Waals surface area contributed by atoms with Crippen LogP contribution in [0.4, 0.5) is 0 Å². The number of carbonyl (C=O) groups is 1. The Hall–Kier alpha value is -1.01. The highest BCUT2D eigenvalue weighted by atomic mass is 32.1. The van der Waals surface area contributed by atoms with Crippen molar-refractivity contribution in [3.63, 3.8) is 0 Å². The smallest absolute Gasteiger partial charge is 0.233 e. The first-order valence-corrected chi connectivity index (χ1v) is 6.71. The van der Waals surface area contributed by atoms with E-state index in [1.807, 2.05) is 20.0 Å². The monoisotopic (exact) mass is 269 g/mol. The second-order valence-corrected chi connectivity index (χ2v) is 6.16. The predicted octanol–water partition coefficient (Wildman–Crippen LogP) is 1.70. The van der Waals surface area contributed by atoms with Crippen LogP contribution >= 0.6 is 23.6 Å². The number of rotatable bonds is 4. The van der Waals surface area contributed by atoms with Gasteiger partial charge in [0.1, 0.15) is 5.01 Å². The van der Waals surface area contributed by atoms with E-state index in [1.54, 1.807) is 11.3 Å². The first kappa shape index (κ1) is 12.4. The maximum absolute atomic E-state index is 12.1. The molecule has 0 bridgehead atoms. The Morgan fingerprint density at radius 2 is 2.35 bits per heavy atom. The molecule has 1 saturated carbocycles. The average Bonchev–Trinajstić information content (AvgIpc) is 2.96. The molecule has 1 unspecified atom stereocenters. The highest BCUT2D eigenvalue weighted by Gasteiger charge is 2.53. The topological polar surface area (TPSA) is 68.0 Å². The van der Waals surface area contributed by atoms with Gasteiger partial charge in [0.25, 0.3) is 0 Å². The molecule has 17 heavy (non-hydrogen) atoms. The van der Waals surface area contributed by atoms with Gasteiger partial charge in [0, 0.05) is 11.1 Å². The summed E-state index contributed by atoms with van der Waals surface area (Å²) in [4.78, 5) is 17.8. The van der Waals surface area contributed by atoms with E-state index in [4.69, 9.17) is 18.0 Å². The molecule has 0 spiro atoms. The molecule has 1 heterocycles. The van der Waals surface area contributed by atoms with E-state index in [9.17, 15) is 4.79 Å². The average molecular weight is 269 g/mol. The van der Waals surface area contributed by atoms with Crippen molar-refractivity contribution in [2.24, 2.45) is 11.1 Å². The van der Waals surface area contributed by atoms with Gasteiger partial charge in [-0.3, -0.25) is 4.79 Å². The highest BCUT2D eigenvalue weighted by Crippen LogP contribution is 2.46. The van der Waals surface area contributed by atoms with Crippen molar-refractivity contribution in [2.75, 3.05) is 0 Å². The third-order valence-corrected chi connectivity index (χ3v) is 4.50. The predicted molar refractivity (Wildman–Crippen MR) is 71.9 cm³/mol. The lowest BCUT2D eigenvalue weighted by Gasteiger charge is -2.17. The van der Waals surface area contributed by atoms with Gasteiger partial charge in [-0.05, 0) is 26.7 Å². The summed E-state index contributed by atoms with van der Waals surface area (Å²) in [6.07, 6.45) is 3.33. The molecular weight excluding hydrogens is 254 g/mol. The van der Waals surface area contributed by atoms with Crippen molar-refractivity contribution in [3.8, 4) is 0 Å². The summed E-state index contributed by atoms with van der Waals surface area (Å²) in [6.45, 7) is 3.92. The van der Waals surface area contributed by atoms with Crippen LogP contribution in [0, 0.1) is 12.3 Å². The van der Waals surface area contributed by atoms with Gasteiger partial charge >= 0.3 is 0 Å². The molecule has 3 N–H and O–H groups in total. The van der Waals surface area contributed by atoms with Gasteiger partial charge in [0.2, 0.25) is 5.91 Å². The van der Waals surface area contributed by atoms with Gasteiger partial charge in [0.05, 0.1) is 16.4 Å². The van der Waals surface area contributed by atoms with Crippen LogP contribution in [0.15, 0.2) is 6.20 Å². The zero-order chi connectivity index (χ0) is 12.6. The summed E-state index contributed by atoms with van der Waals surface area (Å²) in [5.74, 6) is -0.0645. The van der Waals surface area contributed by atoms with E-state index in [0.29, 0.717) is 4.99 Å². The first-order chi connectivity index (χ1) is 7.95. The summed E-state index contributed by atoms with van der Waals surface area (Å²) in [5, 5.41) is 3.85. The maximum atomic E-state index is 12.1. The Labute approximate surface area is 110 Å². The van der Waals surface area contributed by atoms with E-state index >= 15 is 0 Å². The molecule has 2 rings (SSSR count). The molecule has 1 aromatic heterocycles. The summed E-state index contributed by atoms with van der Waals surface area (Å²) in [5.41, 5.74) is 5.02. The molecule has 1 amide bonds. The fraction of sp³-hybridized carbons (Fsp3) is 0.545. The van der Waals surface area contributed by atoms with Crippen LogP contribution in [0.25, 0.3) is 0 Å². The third kappa shape index (κ3) is 2.32. The molecule has 1 atom stereocenters. The zero-order valence-electron chi connectivity index (χ0n) is 9.82. The largest absolute Gasteiger partial charge is 0.392 e. The lowest BCUT2D eigenvalue weighted by Crippen LogP contribution is -2.40. The minimum Gasteiger partial charge on any atom is -0.392 e. The van der Waals surface area contributed by atoms with Crippen molar-refractivity contribution in [1.29, 1.82) is 0 Å². The van der Waals surface area contributed by atoms with Crippen LogP contribution in [0.3, 0.4) is 0 Å². The fourth-order valence-corrected chi connectivity index (χ4v) is 2.75. The lowest BCUT2D eigenvalue weighted by molar-refractivity contribution is -0.124. The van der Waals surface area contributed by atoms with Crippen LogP contribution in [-0.2, 0) is 4.79 Å². The molecule has 6 heteroatoms. The molecule has 0 aromatic carbocycles. The second-order valence-electron chi connectivity index (χ2n) is 4.45. The number of nitrogens with two attached hydrogens (primary N) is 1. The van der Waals surface area contributed by atoms with E-state index < -0.39 is 5.41 Å². The van der Waals surface area contributed by atoms with Crippen molar-refractivity contribution in [1.82, 2.24) is 10.3 Å². The molecular formula is C11H15N3OS2. The van der Waals surface area contributed by atoms with Crippen LogP contribution in [0.5, 0.6) is 0 Å². The lowest BCUT2D eigenvalue weighted by atomic mass is 10.1. The number of carbonyl (C=O) groups excluding carboxylic acids is 1. The quantitative estimate of drug-likeness (QED) is 0.816. The number of amides is 1. The van der Waals surface area contributed by atoms with Crippen molar-refractivity contribution < 1.29 is 4.79 Å². The van der Waals surface area contributed by atoms with Crippen LogP contribution in [-0.4, -0.2) is 15.9 Å². The molecule has 1 aromatic rings. The Morgan fingerprint density at radius 1 is 1.71 bits per heavy atom. The Morgan fingerprint density at radius 3 is 2.76 bits per heavy atom. The summed E-state index contributed by atoms with van der Waals surface area (Å²) in [7, 11) is 0. The van der Waals surface area contributed by atoms with Crippen molar-refractivity contribution in [3.05, 3.63) is 16.1 Å². The maximum Gasteiger partial charge on any atom is 0.233 e. The summed E-state index contributed by atoms with van der Waals surface area (Å²) < 4.78 is 0. The van der Waals surface area contributed by atoms with Gasteiger partial charge < -0.3 is 11.1 Å². The summed E-state index contributed by atoms with van der Waals surface area (Å²) in [6, 6.07) is -0.0898. The third-order valence-electron chi connectivity index (χ3n) is 3.01. The van der Waals surface area contributed by atoms with E-state index in [-0.39, 0.29) is 11.9 Å². The Bertz CT molecular complexity index is 465. The van der Waals surface area contributed by atoms with Crippen LogP contribution in [0.2, 0.25) is 0 Å². The second kappa shape index (κ2) is 4.34. The van der Waals surface area contributed by atoms with Gasteiger partial charge in [-0.25, -0.2) is 4.98 Å². The highest BCUT2D eigenvalue weighted by molar-refractivity contribution is 7.80. The molecule has 1 fully saturated rings. The molecule has 4 nitrogen and oxygen atoms in total. The standard InChI is InChI=1S/C11H15N3OS2/c1-6-5-13-8(17-6)7(2)14-10(15)11(3-4-11)9(12)16/h5,7H,3-4H2,1-2H3,(H2,12,16)(H,14,15). The number of aryl methyl sites for hydroxylation is 1. The number of hydrogen-bond donors (Lipinski definition) is 2. The zero-order valence-corrected chi connectivity index (χ0v) is 11.5. The van der Waals surface area contributed by atoms with Gasteiger partial charge in [-0.1, -0.05) is 12.2 Å². The van der Waals surface area contributed by atoms with Gasteiger partial charge in [-0.2, -0.15) is 0 Å². The van der Waals surface area contributed by atoms with Crippen LogP contribution < -0.4 is 11.1 Å². The number of hydrogen-bond acceptors (Lipinski definition) is 4. The number of thiazole rings is 1. The van der Waals surface area contributed by atoms with Crippen LogP contribution in [0.1, 0.15) is 35.7 Å². The number of nitrogens with one attached hydrogen (secondary N) is 1. The molecule has 1 aliphatic rings. The number of nitrogens with zero attached hydrogens (tertiary/aromatic N) is 1. The molecule has 0 saturated heterocycles. The summed E-state index contributed by atoms with van der Waals surface area (Å²) >= 11 is 6.54. The SMILES string of the molecule is Cc1cnc(C(C)NC(=O)C2(C(N)=S)CC2)s1. The van der Waals surface area contributed by atoms with E-state index in [0.717, 1.165) is 22.7 Å². The fourth-order valence-electron chi connectivity index (χ4n) is 1.68. The van der Waals surface area contributed by atoms with E-state index in [1.165, 1.54) is 0 Å². The minimum absolute atomic E-state index is 0.0645. The van der Waals surface area contributed by atoms with Gasteiger partial charge in [0.15, 0.2) is 0 Å². The van der Waals surface area contributed by atoms with Crippen molar-refractivity contribution in [2.45, 2.75) is 32.7 Å². The molecule has 1 aliphatic carbocycles.